The second-order valence-corrected chi connectivity index (χ2v) is 4.25. The maximum absolute atomic E-state index is 11.2. The van der Waals surface area contributed by atoms with Crippen LogP contribution in [0.4, 0.5) is 0 Å². The van der Waals surface area contributed by atoms with Gasteiger partial charge in [0.15, 0.2) is 0 Å². The first-order valence-corrected chi connectivity index (χ1v) is 6.66. The highest BCUT2D eigenvalue weighted by atomic mass is 32.0. The lowest BCUT2D eigenvalue weighted by molar-refractivity contribution is -0.136. The zero-order valence-corrected chi connectivity index (χ0v) is 9.43. The van der Waals surface area contributed by atoms with Gasteiger partial charge >= 0.3 is 5.97 Å². The molecular formula is C5H12NO2P3. The fraction of sp³-hybridized carbons (Fsp3) is 0.800. The molecule has 3 unspecified atom stereocenters. The monoisotopic (exact) mass is 211 g/mol. The Labute approximate surface area is 72.8 Å². The van der Waals surface area contributed by atoms with Gasteiger partial charge in [0.2, 0.25) is 0 Å². The minimum atomic E-state index is -0.0918. The highest BCUT2D eigenvalue weighted by Gasteiger charge is 2.28. The summed E-state index contributed by atoms with van der Waals surface area (Å²) in [7, 11) is 5.15. The molecule has 1 aliphatic heterocycles. The zero-order chi connectivity index (χ0) is 8.27. The molecule has 0 N–H and O–H groups in total. The van der Waals surface area contributed by atoms with E-state index in [9.17, 15) is 4.79 Å². The van der Waals surface area contributed by atoms with Crippen LogP contribution in [0.15, 0.2) is 0 Å². The SMILES string of the molecule is O=C(OPP)[C@@H]1CCCN1P. The maximum atomic E-state index is 11.2. The molecule has 0 aromatic rings. The Hall–Kier alpha value is 0.720. The third-order valence-corrected chi connectivity index (χ3v) is 3.02. The molecule has 64 valence electrons. The predicted molar refractivity (Wildman–Crippen MR) is 53.6 cm³/mol. The molecule has 4 atom stereocenters. The third-order valence-electron chi connectivity index (χ3n) is 1.73. The Bertz CT molecular complexity index is 155. The topological polar surface area (TPSA) is 29.5 Å². The lowest BCUT2D eigenvalue weighted by atomic mass is 10.2. The van der Waals surface area contributed by atoms with Gasteiger partial charge < -0.3 is 4.52 Å². The second kappa shape index (κ2) is 4.67. The van der Waals surface area contributed by atoms with Crippen molar-refractivity contribution in [3.05, 3.63) is 0 Å². The molecule has 0 aliphatic carbocycles. The minimum Gasteiger partial charge on any atom is -0.443 e. The highest BCUT2D eigenvalue weighted by Crippen LogP contribution is 2.27. The summed E-state index contributed by atoms with van der Waals surface area (Å²) in [6.45, 7) is 0.977. The van der Waals surface area contributed by atoms with Crippen LogP contribution in [0.25, 0.3) is 0 Å². The second-order valence-electron chi connectivity index (χ2n) is 2.43. The molecule has 0 saturated carbocycles. The summed E-state index contributed by atoms with van der Waals surface area (Å²) < 4.78 is 6.86. The van der Waals surface area contributed by atoms with Crippen LogP contribution < -0.4 is 0 Å². The lowest BCUT2D eigenvalue weighted by Gasteiger charge is -2.16. The van der Waals surface area contributed by atoms with E-state index in [4.69, 9.17) is 4.52 Å². The summed E-state index contributed by atoms with van der Waals surface area (Å²) in [6, 6.07) is -0.0203. The summed E-state index contributed by atoms with van der Waals surface area (Å²) in [4.78, 5) is 11.2. The number of carbonyl (C=O) groups excluding carboxylic acids is 1. The quantitative estimate of drug-likeness (QED) is 0.642. The number of carbonyl (C=O) groups is 1. The van der Waals surface area contributed by atoms with E-state index >= 15 is 0 Å². The standard InChI is InChI=1S/C5H12NO2P3/c7-5(8-11-10)4-2-1-3-6(4)9/h4,11H,1-3,9-10H2/t4-/m0/s1. The van der Waals surface area contributed by atoms with E-state index in [0.29, 0.717) is 0 Å². The van der Waals surface area contributed by atoms with Crippen LogP contribution in [-0.2, 0) is 9.32 Å². The molecule has 1 rings (SSSR count). The van der Waals surface area contributed by atoms with Crippen LogP contribution in [0.2, 0.25) is 0 Å². The lowest BCUT2D eigenvalue weighted by Crippen LogP contribution is -2.28. The first-order valence-electron chi connectivity index (χ1n) is 3.43. The van der Waals surface area contributed by atoms with Crippen LogP contribution in [-0.4, -0.2) is 23.2 Å². The van der Waals surface area contributed by atoms with Crippen molar-refractivity contribution in [1.29, 1.82) is 0 Å². The number of rotatable bonds is 2. The van der Waals surface area contributed by atoms with Crippen LogP contribution in [0.3, 0.4) is 0 Å². The average molecular weight is 211 g/mol. The molecule has 1 fully saturated rings. The molecule has 3 nitrogen and oxygen atoms in total. The summed E-state index contributed by atoms with van der Waals surface area (Å²) in [5.74, 6) is -0.0918. The fourth-order valence-electron chi connectivity index (χ4n) is 1.17. The van der Waals surface area contributed by atoms with Gasteiger partial charge in [0, 0.05) is 6.54 Å². The van der Waals surface area contributed by atoms with Crippen LogP contribution in [0.5, 0.6) is 0 Å². The average Bonchev–Trinajstić information content (AvgIpc) is 2.36. The van der Waals surface area contributed by atoms with E-state index in [1.54, 1.807) is 0 Å². The Morgan fingerprint density at radius 2 is 2.45 bits per heavy atom. The molecule has 1 aliphatic rings. The molecular weight excluding hydrogens is 199 g/mol. The number of nitrogens with zero attached hydrogens (tertiary/aromatic N) is 1. The van der Waals surface area contributed by atoms with Gasteiger partial charge in [0.1, 0.15) is 6.04 Å². The van der Waals surface area contributed by atoms with Crippen LogP contribution in [0.1, 0.15) is 12.8 Å². The molecule has 0 aromatic heterocycles. The van der Waals surface area contributed by atoms with Crippen LogP contribution in [0, 0.1) is 0 Å². The molecule has 6 heteroatoms. The van der Waals surface area contributed by atoms with Crippen molar-refractivity contribution in [2.24, 2.45) is 0 Å². The number of hydrogen-bond donors (Lipinski definition) is 0. The van der Waals surface area contributed by atoms with Crippen LogP contribution >= 0.6 is 26.8 Å². The van der Waals surface area contributed by atoms with Crippen molar-refractivity contribution >= 4 is 32.8 Å². The van der Waals surface area contributed by atoms with E-state index < -0.39 is 0 Å². The minimum absolute atomic E-state index is 0.0203. The smallest absolute Gasteiger partial charge is 0.326 e. The Kier molecular flexibility index (Phi) is 4.17. The van der Waals surface area contributed by atoms with Crippen molar-refractivity contribution in [2.45, 2.75) is 18.9 Å². The highest BCUT2D eigenvalue weighted by molar-refractivity contribution is 8.00. The third kappa shape index (κ3) is 2.60. The summed E-state index contributed by atoms with van der Waals surface area (Å²) in [6.07, 6.45) is 2.01. The summed E-state index contributed by atoms with van der Waals surface area (Å²) in [5, 5.41) is 0. The summed E-state index contributed by atoms with van der Waals surface area (Å²) >= 11 is 0. The maximum Gasteiger partial charge on any atom is 0.326 e. The zero-order valence-electron chi connectivity index (χ0n) is 6.12. The molecule has 0 spiro atoms. The van der Waals surface area contributed by atoms with Gasteiger partial charge in [-0.25, -0.2) is 0 Å². The van der Waals surface area contributed by atoms with Gasteiger partial charge in [-0.05, 0) is 12.8 Å². The molecule has 0 amide bonds. The van der Waals surface area contributed by atoms with Gasteiger partial charge in [0.25, 0.3) is 0 Å². The molecule has 0 bridgehead atoms. The largest absolute Gasteiger partial charge is 0.443 e. The van der Waals surface area contributed by atoms with E-state index in [0.717, 1.165) is 19.4 Å². The molecule has 1 heterocycles. The van der Waals surface area contributed by atoms with Gasteiger partial charge in [-0.2, -0.15) is 0 Å². The van der Waals surface area contributed by atoms with Gasteiger partial charge in [-0.15, -0.1) is 0 Å². The van der Waals surface area contributed by atoms with Gasteiger partial charge in [0.05, 0.1) is 8.50 Å². The number of hydrogen-bond acceptors (Lipinski definition) is 3. The van der Waals surface area contributed by atoms with E-state index in [1.165, 1.54) is 0 Å². The normalized spacial score (nSPS) is 26.5. The van der Waals surface area contributed by atoms with Crippen molar-refractivity contribution < 1.29 is 9.32 Å². The van der Waals surface area contributed by atoms with E-state index in [1.807, 2.05) is 4.67 Å². The Morgan fingerprint density at radius 3 is 2.91 bits per heavy atom. The molecule has 0 aromatic carbocycles. The van der Waals surface area contributed by atoms with Crippen molar-refractivity contribution in [2.75, 3.05) is 6.54 Å². The first-order chi connectivity index (χ1) is 5.25. The van der Waals surface area contributed by atoms with Crippen molar-refractivity contribution in [3.63, 3.8) is 0 Å². The van der Waals surface area contributed by atoms with E-state index in [-0.39, 0.29) is 20.5 Å². The fourth-order valence-corrected chi connectivity index (χ4v) is 2.22. The predicted octanol–water partition coefficient (Wildman–Crippen LogP) is 1.17. The van der Waals surface area contributed by atoms with Crippen molar-refractivity contribution in [1.82, 2.24) is 4.67 Å². The first kappa shape index (κ1) is 9.81. The molecule has 1 saturated heterocycles. The summed E-state index contributed by atoms with van der Waals surface area (Å²) in [5.41, 5.74) is 0. The van der Waals surface area contributed by atoms with Gasteiger partial charge in [-0.3, -0.25) is 9.46 Å². The van der Waals surface area contributed by atoms with Gasteiger partial charge in [-0.1, -0.05) is 18.3 Å². The van der Waals surface area contributed by atoms with E-state index in [2.05, 4.69) is 18.3 Å². The molecule has 11 heavy (non-hydrogen) atoms. The van der Waals surface area contributed by atoms with Crippen molar-refractivity contribution in [3.8, 4) is 0 Å². The molecule has 0 radical (unpaired) electrons. The Balaban J connectivity index is 2.39. The Morgan fingerprint density at radius 1 is 1.73 bits per heavy atom.